The Bertz CT molecular complexity index is 423. The minimum Gasteiger partial charge on any atom is -0.445 e. The number of ether oxygens (including phenoxy) is 2. The third-order valence-electron chi connectivity index (χ3n) is 3.43. The number of hydrogen-bond donors (Lipinski definition) is 1. The Labute approximate surface area is 119 Å². The van der Waals surface area contributed by atoms with Crippen molar-refractivity contribution in [2.24, 2.45) is 0 Å². The van der Waals surface area contributed by atoms with Gasteiger partial charge in [-0.3, -0.25) is 0 Å². The fraction of sp³-hybridized carbons (Fsp3) is 0.533. The van der Waals surface area contributed by atoms with E-state index in [1.54, 1.807) is 4.90 Å². The summed E-state index contributed by atoms with van der Waals surface area (Å²) in [5, 5.41) is 9.35. The number of aliphatic hydroxyl groups excluding tert-OH is 1. The highest BCUT2D eigenvalue weighted by Gasteiger charge is 2.36. The van der Waals surface area contributed by atoms with Crippen LogP contribution in [0.5, 0.6) is 0 Å². The molecule has 2 unspecified atom stereocenters. The van der Waals surface area contributed by atoms with Gasteiger partial charge in [0.1, 0.15) is 6.61 Å². The molecule has 110 valence electrons. The Kier molecular flexibility index (Phi) is 5.38. The molecule has 5 heteroatoms. The molecule has 0 aromatic heterocycles. The van der Waals surface area contributed by atoms with Crippen LogP contribution in [0.1, 0.15) is 18.9 Å². The minimum absolute atomic E-state index is 0.0126. The lowest BCUT2D eigenvalue weighted by Crippen LogP contribution is -2.38. The van der Waals surface area contributed by atoms with Crippen LogP contribution >= 0.6 is 0 Å². The van der Waals surface area contributed by atoms with E-state index in [0.717, 1.165) is 5.56 Å². The summed E-state index contributed by atoms with van der Waals surface area (Å²) in [6.07, 6.45) is 0.252. The quantitative estimate of drug-likeness (QED) is 0.893. The van der Waals surface area contributed by atoms with Crippen molar-refractivity contribution in [1.82, 2.24) is 4.90 Å². The van der Waals surface area contributed by atoms with Crippen LogP contribution in [0.25, 0.3) is 0 Å². The number of aliphatic hydroxyl groups is 1. The first-order valence-corrected chi connectivity index (χ1v) is 6.94. The number of nitrogens with zero attached hydrogens (tertiary/aromatic N) is 1. The Hall–Kier alpha value is -1.59. The molecule has 0 aliphatic carbocycles. The maximum atomic E-state index is 12.1. The summed E-state index contributed by atoms with van der Waals surface area (Å²) in [4.78, 5) is 13.6. The molecule has 1 aliphatic rings. The molecule has 1 aliphatic heterocycles. The highest BCUT2D eigenvalue weighted by atomic mass is 16.6. The molecule has 2 rings (SSSR count). The highest BCUT2D eigenvalue weighted by molar-refractivity contribution is 5.68. The first-order chi connectivity index (χ1) is 9.74. The topological polar surface area (TPSA) is 59.0 Å². The van der Waals surface area contributed by atoms with Crippen molar-refractivity contribution in [3.8, 4) is 0 Å². The van der Waals surface area contributed by atoms with E-state index >= 15 is 0 Å². The summed E-state index contributed by atoms with van der Waals surface area (Å²) >= 11 is 0. The van der Waals surface area contributed by atoms with Gasteiger partial charge in [-0.05, 0) is 18.9 Å². The second-order valence-electron chi connectivity index (χ2n) is 4.84. The second-order valence-corrected chi connectivity index (χ2v) is 4.84. The zero-order valence-corrected chi connectivity index (χ0v) is 11.7. The van der Waals surface area contributed by atoms with Gasteiger partial charge in [0.15, 0.2) is 0 Å². The lowest BCUT2D eigenvalue weighted by atomic mass is 10.2. The third kappa shape index (κ3) is 3.71. The number of rotatable bonds is 5. The fourth-order valence-electron chi connectivity index (χ4n) is 2.43. The number of carbonyl (C=O) groups is 1. The molecule has 1 fully saturated rings. The van der Waals surface area contributed by atoms with Gasteiger partial charge in [0.25, 0.3) is 0 Å². The van der Waals surface area contributed by atoms with Crippen LogP contribution in [-0.2, 0) is 16.1 Å². The van der Waals surface area contributed by atoms with Crippen LogP contribution in [0.4, 0.5) is 4.79 Å². The summed E-state index contributed by atoms with van der Waals surface area (Å²) in [5.74, 6) is 0. The van der Waals surface area contributed by atoms with Crippen molar-refractivity contribution in [2.75, 3.05) is 19.8 Å². The second kappa shape index (κ2) is 7.26. The van der Waals surface area contributed by atoms with Gasteiger partial charge in [-0.2, -0.15) is 0 Å². The van der Waals surface area contributed by atoms with E-state index in [1.165, 1.54) is 0 Å². The molecule has 20 heavy (non-hydrogen) atoms. The summed E-state index contributed by atoms with van der Waals surface area (Å²) in [7, 11) is 0. The van der Waals surface area contributed by atoms with Gasteiger partial charge in [0.2, 0.25) is 0 Å². The molecule has 1 N–H and O–H groups in total. The minimum atomic E-state index is -0.393. The van der Waals surface area contributed by atoms with Crippen molar-refractivity contribution in [1.29, 1.82) is 0 Å². The zero-order chi connectivity index (χ0) is 14.4. The Balaban J connectivity index is 1.87. The maximum Gasteiger partial charge on any atom is 0.410 e. The van der Waals surface area contributed by atoms with Crippen molar-refractivity contribution in [3.05, 3.63) is 35.9 Å². The van der Waals surface area contributed by atoms with Crippen molar-refractivity contribution in [2.45, 2.75) is 32.1 Å². The molecule has 1 aromatic carbocycles. The normalized spacial score (nSPS) is 22.0. The molecule has 1 amide bonds. The summed E-state index contributed by atoms with van der Waals surface area (Å²) in [6, 6.07) is 9.32. The average Bonchev–Trinajstić information content (AvgIpc) is 2.89. The van der Waals surface area contributed by atoms with Crippen LogP contribution in [0.2, 0.25) is 0 Å². The number of hydrogen-bond acceptors (Lipinski definition) is 4. The number of carbonyl (C=O) groups excluding carboxylic acids is 1. The number of benzene rings is 1. The van der Waals surface area contributed by atoms with Crippen LogP contribution in [0.15, 0.2) is 30.3 Å². The molecule has 0 bridgehead atoms. The van der Waals surface area contributed by atoms with E-state index in [2.05, 4.69) is 0 Å². The predicted molar refractivity (Wildman–Crippen MR) is 74.2 cm³/mol. The number of amides is 1. The van der Waals surface area contributed by atoms with E-state index in [1.807, 2.05) is 37.3 Å². The molecular formula is C15H21NO4. The molecule has 2 atom stereocenters. The third-order valence-corrected chi connectivity index (χ3v) is 3.43. The van der Waals surface area contributed by atoms with Crippen molar-refractivity contribution < 1.29 is 19.4 Å². The van der Waals surface area contributed by atoms with E-state index in [4.69, 9.17) is 9.47 Å². The van der Waals surface area contributed by atoms with E-state index in [9.17, 15) is 9.90 Å². The highest BCUT2D eigenvalue weighted by Crippen LogP contribution is 2.21. The molecule has 0 spiro atoms. The Morgan fingerprint density at radius 1 is 1.40 bits per heavy atom. The van der Waals surface area contributed by atoms with Crippen molar-refractivity contribution >= 4 is 6.09 Å². The van der Waals surface area contributed by atoms with E-state index in [0.29, 0.717) is 19.6 Å². The van der Waals surface area contributed by atoms with E-state index in [-0.39, 0.29) is 25.4 Å². The molecular weight excluding hydrogens is 258 g/mol. The van der Waals surface area contributed by atoms with Crippen LogP contribution in [-0.4, -0.2) is 48.0 Å². The van der Waals surface area contributed by atoms with Crippen LogP contribution < -0.4 is 0 Å². The van der Waals surface area contributed by atoms with Gasteiger partial charge < -0.3 is 19.5 Å². The SMILES string of the molecule is CCOC1CC(CO)N(C(=O)OCc2ccccc2)C1. The van der Waals surface area contributed by atoms with Gasteiger partial charge in [-0.15, -0.1) is 0 Å². The summed E-state index contributed by atoms with van der Waals surface area (Å²) < 4.78 is 10.8. The molecule has 1 saturated heterocycles. The monoisotopic (exact) mass is 279 g/mol. The standard InChI is InChI=1S/C15H21NO4/c1-2-19-14-8-13(10-17)16(9-14)15(18)20-11-12-6-4-3-5-7-12/h3-7,13-14,17H,2,8-11H2,1H3. The molecule has 5 nitrogen and oxygen atoms in total. The van der Waals surface area contributed by atoms with Crippen molar-refractivity contribution in [3.63, 3.8) is 0 Å². The fourth-order valence-corrected chi connectivity index (χ4v) is 2.43. The van der Waals surface area contributed by atoms with Gasteiger partial charge in [-0.25, -0.2) is 4.79 Å². The Morgan fingerprint density at radius 3 is 2.80 bits per heavy atom. The molecule has 0 saturated carbocycles. The average molecular weight is 279 g/mol. The number of likely N-dealkylation sites (tertiary alicyclic amines) is 1. The maximum absolute atomic E-state index is 12.1. The van der Waals surface area contributed by atoms with Gasteiger partial charge >= 0.3 is 6.09 Å². The Morgan fingerprint density at radius 2 is 2.15 bits per heavy atom. The molecule has 1 heterocycles. The first kappa shape index (κ1) is 14.8. The van der Waals surface area contributed by atoms with Crippen LogP contribution in [0, 0.1) is 0 Å². The van der Waals surface area contributed by atoms with Crippen LogP contribution in [0.3, 0.4) is 0 Å². The first-order valence-electron chi connectivity index (χ1n) is 6.94. The van der Waals surface area contributed by atoms with Gasteiger partial charge in [0.05, 0.1) is 25.3 Å². The predicted octanol–water partition coefficient (Wildman–Crippen LogP) is 1.79. The smallest absolute Gasteiger partial charge is 0.410 e. The summed E-state index contributed by atoms with van der Waals surface area (Å²) in [5.41, 5.74) is 0.946. The summed E-state index contributed by atoms with van der Waals surface area (Å²) in [6.45, 7) is 3.18. The lowest BCUT2D eigenvalue weighted by Gasteiger charge is -2.22. The molecule has 1 aromatic rings. The molecule has 0 radical (unpaired) electrons. The van der Waals surface area contributed by atoms with E-state index < -0.39 is 6.09 Å². The van der Waals surface area contributed by atoms with Gasteiger partial charge in [0, 0.05) is 6.61 Å². The van der Waals surface area contributed by atoms with Gasteiger partial charge in [-0.1, -0.05) is 30.3 Å². The zero-order valence-electron chi connectivity index (χ0n) is 11.7. The largest absolute Gasteiger partial charge is 0.445 e. The lowest BCUT2D eigenvalue weighted by molar-refractivity contribution is 0.0601.